The van der Waals surface area contributed by atoms with Gasteiger partial charge in [-0.1, -0.05) is 0 Å². The van der Waals surface area contributed by atoms with E-state index in [0.29, 0.717) is 0 Å². The quantitative estimate of drug-likeness (QED) is 0.340. The number of alkyl halides is 2. The number of nitrogen functional groups attached to an aromatic ring is 2. The van der Waals surface area contributed by atoms with Crippen LogP contribution in [0.3, 0.4) is 0 Å². The van der Waals surface area contributed by atoms with E-state index in [4.69, 9.17) is 16.7 Å². The Balaban J connectivity index is 2.70. The monoisotopic (exact) mass is 234 g/mol. The maximum Gasteiger partial charge on any atom is 0.287 e. The topological polar surface area (TPSA) is 122 Å². The third kappa shape index (κ3) is 3.44. The molecule has 9 heteroatoms. The number of aromatic nitrogens is 2. The fourth-order valence-corrected chi connectivity index (χ4v) is 0.906. The van der Waals surface area contributed by atoms with Crippen molar-refractivity contribution in [2.24, 2.45) is 5.84 Å². The Bertz CT molecular complexity index is 361. The Morgan fingerprint density at radius 2 is 2.00 bits per heavy atom. The molecular weight excluding hydrogens is 222 g/mol. The molecule has 0 aliphatic heterocycles. The lowest BCUT2D eigenvalue weighted by atomic mass is 10.3. The van der Waals surface area contributed by atoms with E-state index in [9.17, 15) is 8.78 Å². The number of nitrogens with zero attached hydrogens (tertiary/aromatic N) is 2. The van der Waals surface area contributed by atoms with Crippen LogP contribution in [0.15, 0.2) is 6.07 Å². The van der Waals surface area contributed by atoms with Crippen molar-refractivity contribution in [1.82, 2.24) is 9.97 Å². The van der Waals surface area contributed by atoms with Gasteiger partial charge in [0.05, 0.1) is 6.54 Å². The molecule has 7 nitrogen and oxygen atoms in total. The summed E-state index contributed by atoms with van der Waals surface area (Å²) in [6, 6.07) is 1.31. The zero-order chi connectivity index (χ0) is 12.2. The summed E-state index contributed by atoms with van der Waals surface area (Å²) in [5.41, 5.74) is 7.52. The fraction of sp³-hybridized carbons (Fsp3) is 0.429. The molecule has 90 valence electrons. The van der Waals surface area contributed by atoms with Crippen LogP contribution in [0.1, 0.15) is 0 Å². The molecule has 0 saturated carbocycles. The van der Waals surface area contributed by atoms with Gasteiger partial charge >= 0.3 is 0 Å². The molecule has 0 aliphatic rings. The van der Waals surface area contributed by atoms with Crippen molar-refractivity contribution >= 4 is 17.6 Å². The summed E-state index contributed by atoms with van der Waals surface area (Å²) in [7, 11) is 0. The van der Waals surface area contributed by atoms with Gasteiger partial charge in [-0.15, -0.1) is 0 Å². The molecule has 0 spiro atoms. The first-order chi connectivity index (χ1) is 7.46. The highest BCUT2D eigenvalue weighted by molar-refractivity contribution is 5.50. The lowest BCUT2D eigenvalue weighted by molar-refractivity contribution is -0.0373. The molecule has 16 heavy (non-hydrogen) atoms. The van der Waals surface area contributed by atoms with Gasteiger partial charge < -0.3 is 21.6 Å². The first-order valence-electron chi connectivity index (χ1n) is 4.30. The van der Waals surface area contributed by atoms with E-state index in [1.165, 1.54) is 6.07 Å². The Morgan fingerprint density at radius 1 is 1.38 bits per heavy atom. The third-order valence-electron chi connectivity index (χ3n) is 1.65. The average Bonchev–Trinajstić information content (AvgIpc) is 2.26. The molecule has 0 aliphatic carbocycles. The predicted octanol–water partition coefficient (Wildman–Crippen LogP) is -0.616. The summed E-state index contributed by atoms with van der Waals surface area (Å²) in [5.74, 6) is 2.04. The van der Waals surface area contributed by atoms with Gasteiger partial charge in [-0.3, -0.25) is 0 Å². The standard InChI is InChI=1S/C7H12F2N6O/c8-7(9,3-16)2-12-4-1-5(15-11)14-6(10)13-4/h1,16H,2-3,11H2,(H4,10,12,13,14,15). The SMILES string of the molecule is NNc1cc(NCC(F)(F)CO)nc(N)n1. The lowest BCUT2D eigenvalue weighted by Gasteiger charge is -2.14. The van der Waals surface area contributed by atoms with Gasteiger partial charge in [0, 0.05) is 6.07 Å². The minimum Gasteiger partial charge on any atom is -0.390 e. The van der Waals surface area contributed by atoms with Crippen LogP contribution in [0, 0.1) is 0 Å². The molecule has 0 bridgehead atoms. The number of aliphatic hydroxyl groups is 1. The van der Waals surface area contributed by atoms with Crippen molar-refractivity contribution < 1.29 is 13.9 Å². The largest absolute Gasteiger partial charge is 0.390 e. The van der Waals surface area contributed by atoms with Gasteiger partial charge in [-0.25, -0.2) is 14.6 Å². The van der Waals surface area contributed by atoms with Crippen molar-refractivity contribution in [2.45, 2.75) is 5.92 Å². The van der Waals surface area contributed by atoms with Crippen molar-refractivity contribution in [1.29, 1.82) is 0 Å². The minimum absolute atomic E-state index is 0.0913. The Labute approximate surface area is 89.8 Å². The molecule has 1 heterocycles. The Hall–Kier alpha value is -1.74. The van der Waals surface area contributed by atoms with Gasteiger partial charge in [0.1, 0.15) is 18.2 Å². The second-order valence-electron chi connectivity index (χ2n) is 3.01. The van der Waals surface area contributed by atoms with Gasteiger partial charge in [0.2, 0.25) is 5.95 Å². The molecule has 0 atom stereocenters. The van der Waals surface area contributed by atoms with Gasteiger partial charge in [0.15, 0.2) is 0 Å². The highest BCUT2D eigenvalue weighted by Gasteiger charge is 2.27. The number of hydrogen-bond acceptors (Lipinski definition) is 7. The molecule has 1 aromatic rings. The molecule has 0 fully saturated rings. The van der Waals surface area contributed by atoms with E-state index in [2.05, 4.69) is 20.7 Å². The molecule has 1 rings (SSSR count). The number of nitrogens with two attached hydrogens (primary N) is 2. The Kier molecular flexibility index (Phi) is 3.74. The first kappa shape index (κ1) is 12.3. The summed E-state index contributed by atoms with van der Waals surface area (Å²) >= 11 is 0. The zero-order valence-corrected chi connectivity index (χ0v) is 8.24. The number of halogens is 2. The molecule has 7 N–H and O–H groups in total. The predicted molar refractivity (Wildman–Crippen MR) is 54.8 cm³/mol. The second-order valence-corrected chi connectivity index (χ2v) is 3.01. The van der Waals surface area contributed by atoms with Crippen LogP contribution < -0.4 is 22.3 Å². The van der Waals surface area contributed by atoms with Crippen molar-refractivity contribution in [3.05, 3.63) is 6.07 Å². The van der Waals surface area contributed by atoms with Crippen molar-refractivity contribution in [3.63, 3.8) is 0 Å². The number of nitrogens with one attached hydrogen (secondary N) is 2. The van der Waals surface area contributed by atoms with Crippen LogP contribution in [0.4, 0.5) is 26.4 Å². The molecular formula is C7H12F2N6O. The van der Waals surface area contributed by atoms with Crippen LogP contribution in [0.2, 0.25) is 0 Å². The summed E-state index contributed by atoms with van der Waals surface area (Å²) < 4.78 is 25.4. The second kappa shape index (κ2) is 4.86. The molecule has 0 aromatic carbocycles. The molecule has 0 saturated heterocycles. The number of aliphatic hydroxyl groups excluding tert-OH is 1. The van der Waals surface area contributed by atoms with Crippen LogP contribution in [0.25, 0.3) is 0 Å². The molecule has 0 radical (unpaired) electrons. The van der Waals surface area contributed by atoms with Gasteiger partial charge in [-0.2, -0.15) is 9.97 Å². The number of anilines is 3. The average molecular weight is 234 g/mol. The van der Waals surface area contributed by atoms with E-state index >= 15 is 0 Å². The highest BCUT2D eigenvalue weighted by atomic mass is 19.3. The van der Waals surface area contributed by atoms with Gasteiger partial charge in [0.25, 0.3) is 5.92 Å². The van der Waals surface area contributed by atoms with E-state index in [1.807, 2.05) is 0 Å². The molecule has 0 amide bonds. The van der Waals surface area contributed by atoms with Crippen LogP contribution in [-0.4, -0.2) is 34.1 Å². The molecule has 0 unspecified atom stereocenters. The summed E-state index contributed by atoms with van der Waals surface area (Å²) in [6.45, 7) is -2.01. The van der Waals surface area contributed by atoms with Crippen molar-refractivity contribution in [2.75, 3.05) is 29.6 Å². The normalized spacial score (nSPS) is 11.2. The van der Waals surface area contributed by atoms with Crippen LogP contribution >= 0.6 is 0 Å². The smallest absolute Gasteiger partial charge is 0.287 e. The zero-order valence-electron chi connectivity index (χ0n) is 8.24. The van der Waals surface area contributed by atoms with Gasteiger partial charge in [-0.05, 0) is 0 Å². The van der Waals surface area contributed by atoms with E-state index in [-0.39, 0.29) is 17.6 Å². The molecule has 1 aromatic heterocycles. The summed E-state index contributed by atoms with van der Waals surface area (Å²) in [4.78, 5) is 7.33. The minimum atomic E-state index is -3.23. The van der Waals surface area contributed by atoms with E-state index in [1.54, 1.807) is 0 Å². The van der Waals surface area contributed by atoms with Crippen LogP contribution in [0.5, 0.6) is 0 Å². The number of rotatable bonds is 5. The maximum absolute atomic E-state index is 12.7. The third-order valence-corrected chi connectivity index (χ3v) is 1.65. The fourth-order valence-electron chi connectivity index (χ4n) is 0.906. The first-order valence-corrected chi connectivity index (χ1v) is 4.30. The van der Waals surface area contributed by atoms with Crippen LogP contribution in [-0.2, 0) is 0 Å². The van der Waals surface area contributed by atoms with E-state index < -0.39 is 19.1 Å². The van der Waals surface area contributed by atoms with E-state index in [0.717, 1.165) is 0 Å². The summed E-state index contributed by atoms with van der Waals surface area (Å²) in [5, 5.41) is 10.7. The number of hydrazine groups is 1. The van der Waals surface area contributed by atoms with Crippen molar-refractivity contribution in [3.8, 4) is 0 Å². The Morgan fingerprint density at radius 3 is 2.56 bits per heavy atom. The maximum atomic E-state index is 12.7. The highest BCUT2D eigenvalue weighted by Crippen LogP contribution is 2.15. The summed E-state index contributed by atoms with van der Waals surface area (Å²) in [6.07, 6.45) is 0. The number of hydrogen-bond donors (Lipinski definition) is 5. The lowest BCUT2D eigenvalue weighted by Crippen LogP contribution is -2.31.